The molecule has 0 amide bonds. The van der Waals surface area contributed by atoms with Gasteiger partial charge in [0.1, 0.15) is 11.5 Å². The second-order valence-electron chi connectivity index (χ2n) is 4.07. The van der Waals surface area contributed by atoms with Gasteiger partial charge in [-0.1, -0.05) is 0 Å². The Hall–Kier alpha value is -1.71. The summed E-state index contributed by atoms with van der Waals surface area (Å²) in [6.45, 7) is 1.77. The number of aromatic nitrogens is 1. The molecule has 7 nitrogen and oxygen atoms in total. The fraction of sp³-hybridized carbons (Fsp3) is 0.273. The third-order valence-electron chi connectivity index (χ3n) is 2.56. The molecule has 0 aliphatic rings. The Balaban J connectivity index is 2.30. The van der Waals surface area contributed by atoms with E-state index < -0.39 is 21.7 Å². The van der Waals surface area contributed by atoms with Crippen LogP contribution in [0.25, 0.3) is 0 Å². The summed E-state index contributed by atoms with van der Waals surface area (Å²) < 4.78 is 30.7. The summed E-state index contributed by atoms with van der Waals surface area (Å²) >= 11 is 0.777. The molecule has 0 spiro atoms. The molecule has 0 unspecified atom stereocenters. The second kappa shape index (κ2) is 5.35. The molecule has 2 rings (SSSR count). The lowest BCUT2D eigenvalue weighted by Gasteiger charge is -2.14. The van der Waals surface area contributed by atoms with Crippen LogP contribution < -0.4 is 0 Å². The Morgan fingerprint density at radius 2 is 2.20 bits per heavy atom. The molecule has 20 heavy (non-hydrogen) atoms. The molecular weight excluding hydrogens is 304 g/mol. The van der Waals surface area contributed by atoms with Crippen LogP contribution in [0.1, 0.15) is 22.0 Å². The Labute approximate surface area is 119 Å². The average Bonchev–Trinajstić information content (AvgIpc) is 2.98. The first-order chi connectivity index (χ1) is 9.32. The van der Waals surface area contributed by atoms with Crippen molar-refractivity contribution in [3.8, 4) is 0 Å². The summed E-state index contributed by atoms with van der Waals surface area (Å²) in [5.41, 5.74) is 0.735. The van der Waals surface area contributed by atoms with E-state index in [1.807, 2.05) is 0 Å². The monoisotopic (exact) mass is 316 g/mol. The Bertz CT molecular complexity index is 732. The zero-order chi connectivity index (χ0) is 14.9. The van der Waals surface area contributed by atoms with Gasteiger partial charge in [0.05, 0.1) is 12.1 Å². The summed E-state index contributed by atoms with van der Waals surface area (Å²) in [4.78, 5) is 14.5. The second-order valence-corrected chi connectivity index (χ2v) is 7.16. The zero-order valence-electron chi connectivity index (χ0n) is 10.7. The number of sulfonamides is 1. The van der Waals surface area contributed by atoms with E-state index in [2.05, 4.69) is 4.98 Å². The lowest BCUT2D eigenvalue weighted by molar-refractivity contribution is 0.0687. The molecule has 0 aliphatic heterocycles. The number of hydrogen-bond donors (Lipinski definition) is 1. The molecular formula is C11H12N2O5S2. The van der Waals surface area contributed by atoms with Crippen molar-refractivity contribution in [1.82, 2.24) is 9.29 Å². The minimum Gasteiger partial charge on any atom is -0.476 e. The van der Waals surface area contributed by atoms with Crippen LogP contribution in [0.2, 0.25) is 0 Å². The van der Waals surface area contributed by atoms with E-state index >= 15 is 0 Å². The van der Waals surface area contributed by atoms with Gasteiger partial charge in [0.25, 0.3) is 10.0 Å². The van der Waals surface area contributed by atoms with E-state index in [1.165, 1.54) is 12.6 Å². The van der Waals surface area contributed by atoms with E-state index in [0.717, 1.165) is 15.6 Å². The van der Waals surface area contributed by atoms with Crippen LogP contribution >= 0.6 is 11.3 Å². The van der Waals surface area contributed by atoms with E-state index in [4.69, 9.17) is 9.52 Å². The molecule has 9 heteroatoms. The third kappa shape index (κ3) is 2.74. The van der Waals surface area contributed by atoms with Gasteiger partial charge in [-0.15, -0.1) is 11.3 Å². The van der Waals surface area contributed by atoms with Crippen LogP contribution in [-0.2, 0) is 16.6 Å². The molecule has 0 bridgehead atoms. The van der Waals surface area contributed by atoms with Gasteiger partial charge in [-0.05, 0) is 19.1 Å². The highest BCUT2D eigenvalue weighted by Crippen LogP contribution is 2.24. The number of carboxylic acids is 1. The van der Waals surface area contributed by atoms with Gasteiger partial charge in [0, 0.05) is 7.05 Å². The van der Waals surface area contributed by atoms with Gasteiger partial charge < -0.3 is 9.52 Å². The fourth-order valence-corrected chi connectivity index (χ4v) is 4.04. The van der Waals surface area contributed by atoms with Crippen LogP contribution in [0.4, 0.5) is 0 Å². The van der Waals surface area contributed by atoms with Crippen LogP contribution in [-0.4, -0.2) is 35.8 Å². The quantitative estimate of drug-likeness (QED) is 0.898. The summed E-state index contributed by atoms with van der Waals surface area (Å²) in [6.07, 6.45) is 0. The van der Waals surface area contributed by atoms with E-state index in [-0.39, 0.29) is 10.8 Å². The first-order valence-corrected chi connectivity index (χ1v) is 7.83. The van der Waals surface area contributed by atoms with Crippen LogP contribution in [0.5, 0.6) is 0 Å². The molecule has 0 aromatic carbocycles. The molecule has 0 saturated heterocycles. The van der Waals surface area contributed by atoms with Crippen LogP contribution in [0.3, 0.4) is 0 Å². The third-order valence-corrected chi connectivity index (χ3v) is 5.71. The smallest absolute Gasteiger partial charge is 0.356 e. The van der Waals surface area contributed by atoms with Crippen molar-refractivity contribution in [1.29, 1.82) is 0 Å². The average molecular weight is 316 g/mol. The van der Waals surface area contributed by atoms with Crippen molar-refractivity contribution in [2.75, 3.05) is 7.05 Å². The molecule has 108 valence electrons. The lowest BCUT2D eigenvalue weighted by atomic mass is 10.4. The van der Waals surface area contributed by atoms with Crippen molar-refractivity contribution in [3.63, 3.8) is 0 Å². The van der Waals surface area contributed by atoms with Crippen molar-refractivity contribution >= 4 is 27.3 Å². The zero-order valence-corrected chi connectivity index (χ0v) is 12.4. The normalized spacial score (nSPS) is 11.9. The van der Waals surface area contributed by atoms with Crippen LogP contribution in [0.15, 0.2) is 26.3 Å². The Kier molecular flexibility index (Phi) is 3.93. The molecule has 0 saturated carbocycles. The van der Waals surface area contributed by atoms with Gasteiger partial charge in [0.15, 0.2) is 9.90 Å². The number of nitrogens with zero attached hydrogens (tertiary/aromatic N) is 2. The number of hydrogen-bond acceptors (Lipinski definition) is 6. The molecule has 0 fully saturated rings. The number of rotatable bonds is 5. The summed E-state index contributed by atoms with van der Waals surface area (Å²) in [5.74, 6) is -0.211. The van der Waals surface area contributed by atoms with Crippen LogP contribution in [0, 0.1) is 6.92 Å². The van der Waals surface area contributed by atoms with Crippen molar-refractivity contribution < 1.29 is 22.7 Å². The maximum absolute atomic E-state index is 12.3. The summed E-state index contributed by atoms with van der Waals surface area (Å²) in [6, 6.07) is 3.40. The van der Waals surface area contributed by atoms with Gasteiger partial charge in [-0.25, -0.2) is 18.2 Å². The predicted molar refractivity (Wildman–Crippen MR) is 71.2 cm³/mol. The lowest BCUT2D eigenvalue weighted by Crippen LogP contribution is -2.27. The fourth-order valence-electron chi connectivity index (χ4n) is 1.58. The number of aryl methyl sites for hydroxylation is 1. The molecule has 0 radical (unpaired) electrons. The SMILES string of the molecule is Cc1ccc(CN(C)S(=O)(=O)c2scnc2C(=O)O)o1. The van der Waals surface area contributed by atoms with Gasteiger partial charge in [0.2, 0.25) is 0 Å². The van der Waals surface area contributed by atoms with Gasteiger partial charge in [-0.2, -0.15) is 4.31 Å². The molecule has 2 aromatic heterocycles. The first kappa shape index (κ1) is 14.7. The highest BCUT2D eigenvalue weighted by atomic mass is 32.2. The van der Waals surface area contributed by atoms with E-state index in [9.17, 15) is 13.2 Å². The first-order valence-electron chi connectivity index (χ1n) is 5.51. The molecule has 2 aromatic rings. The number of carbonyl (C=O) groups is 1. The van der Waals surface area contributed by atoms with Crippen molar-refractivity contribution in [2.24, 2.45) is 0 Å². The number of carboxylic acid groups (broad SMARTS) is 1. The standard InChI is InChI=1S/C11H12N2O5S2/c1-7-3-4-8(18-7)5-13(2)20(16,17)11-9(10(14)15)12-6-19-11/h3-4,6H,5H2,1-2H3,(H,14,15). The maximum Gasteiger partial charge on any atom is 0.356 e. The van der Waals surface area contributed by atoms with Gasteiger partial charge in [-0.3, -0.25) is 0 Å². The molecule has 0 aliphatic carbocycles. The molecule has 2 heterocycles. The topological polar surface area (TPSA) is 101 Å². The van der Waals surface area contributed by atoms with E-state index in [1.54, 1.807) is 19.1 Å². The predicted octanol–water partition coefficient (Wildman–Crippen LogP) is 1.56. The minimum absolute atomic E-state index is 0.0210. The highest BCUT2D eigenvalue weighted by molar-refractivity contribution is 7.91. The Morgan fingerprint density at radius 3 is 2.75 bits per heavy atom. The summed E-state index contributed by atoms with van der Waals surface area (Å²) in [5, 5.41) is 8.94. The Morgan fingerprint density at radius 1 is 1.50 bits per heavy atom. The number of aromatic carboxylic acids is 1. The minimum atomic E-state index is -3.91. The highest BCUT2D eigenvalue weighted by Gasteiger charge is 2.30. The maximum atomic E-state index is 12.3. The molecule has 0 atom stereocenters. The largest absolute Gasteiger partial charge is 0.476 e. The van der Waals surface area contributed by atoms with Gasteiger partial charge >= 0.3 is 5.97 Å². The number of furan rings is 1. The van der Waals surface area contributed by atoms with Crippen molar-refractivity contribution in [2.45, 2.75) is 17.7 Å². The van der Waals surface area contributed by atoms with E-state index in [0.29, 0.717) is 11.5 Å². The summed E-state index contributed by atoms with van der Waals surface area (Å²) in [7, 11) is -2.55. The number of thiazole rings is 1. The van der Waals surface area contributed by atoms with Crippen molar-refractivity contribution in [3.05, 3.63) is 34.9 Å². The molecule has 1 N–H and O–H groups in total.